The third-order valence-corrected chi connectivity index (χ3v) is 4.17. The van der Waals surface area contributed by atoms with E-state index in [4.69, 9.17) is 4.74 Å². The summed E-state index contributed by atoms with van der Waals surface area (Å²) in [6.07, 6.45) is 0. The van der Waals surface area contributed by atoms with Crippen LogP contribution >= 0.6 is 15.9 Å². The molecule has 6 heteroatoms. The predicted molar refractivity (Wildman–Crippen MR) is 97.2 cm³/mol. The Kier molecular flexibility index (Phi) is 6.37. The lowest BCUT2D eigenvalue weighted by atomic mass is 10.2. The zero-order chi connectivity index (χ0) is 17.5. The Bertz CT molecular complexity index is 730. The maximum absolute atomic E-state index is 11.8. The highest BCUT2D eigenvalue weighted by molar-refractivity contribution is 9.10. The van der Waals surface area contributed by atoms with Crippen molar-refractivity contribution in [2.24, 2.45) is 0 Å². The van der Waals surface area contributed by atoms with Gasteiger partial charge in [0.05, 0.1) is 6.54 Å². The number of aryl methyl sites for hydroxylation is 2. The van der Waals surface area contributed by atoms with Gasteiger partial charge in [0.15, 0.2) is 6.61 Å². The average Bonchev–Trinajstić information content (AvgIpc) is 2.56. The summed E-state index contributed by atoms with van der Waals surface area (Å²) in [4.78, 5) is 23.6. The van der Waals surface area contributed by atoms with E-state index in [1.54, 1.807) is 18.2 Å². The maximum Gasteiger partial charge on any atom is 0.258 e. The fraction of sp³-hybridized carbons (Fsp3) is 0.222. The summed E-state index contributed by atoms with van der Waals surface area (Å²) in [6, 6.07) is 12.9. The van der Waals surface area contributed by atoms with E-state index in [9.17, 15) is 9.59 Å². The summed E-state index contributed by atoms with van der Waals surface area (Å²) in [5.74, 6) is -0.0244. The lowest BCUT2D eigenvalue weighted by Crippen LogP contribution is -2.35. The number of benzene rings is 2. The first-order valence-electron chi connectivity index (χ1n) is 7.46. The van der Waals surface area contributed by atoms with Gasteiger partial charge in [-0.15, -0.1) is 0 Å². The topological polar surface area (TPSA) is 67.4 Å². The Labute approximate surface area is 149 Å². The first kappa shape index (κ1) is 18.0. The van der Waals surface area contributed by atoms with Crippen molar-refractivity contribution in [1.82, 2.24) is 5.32 Å². The fourth-order valence-corrected chi connectivity index (χ4v) is 2.19. The molecule has 0 fully saturated rings. The van der Waals surface area contributed by atoms with Crippen molar-refractivity contribution >= 4 is 33.4 Å². The lowest BCUT2D eigenvalue weighted by molar-refractivity contribution is -0.125. The van der Waals surface area contributed by atoms with Gasteiger partial charge in [0.2, 0.25) is 5.91 Å². The highest BCUT2D eigenvalue weighted by Crippen LogP contribution is 2.19. The van der Waals surface area contributed by atoms with Crippen LogP contribution in [0.15, 0.2) is 46.9 Å². The van der Waals surface area contributed by atoms with E-state index in [2.05, 4.69) is 26.6 Å². The fourth-order valence-electron chi connectivity index (χ4n) is 1.94. The molecule has 2 aromatic rings. The number of anilines is 1. The number of ether oxygens (including phenoxy) is 1. The minimum Gasteiger partial charge on any atom is -0.484 e. The van der Waals surface area contributed by atoms with Crippen molar-refractivity contribution in [3.05, 3.63) is 58.1 Å². The largest absolute Gasteiger partial charge is 0.484 e. The minimum absolute atomic E-state index is 0.106. The Morgan fingerprint density at radius 2 is 1.75 bits per heavy atom. The number of carbonyl (C=O) groups is 2. The predicted octanol–water partition coefficient (Wildman–Crippen LogP) is 3.20. The molecule has 0 aromatic heterocycles. The zero-order valence-electron chi connectivity index (χ0n) is 13.6. The maximum atomic E-state index is 11.8. The Morgan fingerprint density at radius 3 is 2.42 bits per heavy atom. The molecule has 0 bridgehead atoms. The third-order valence-electron chi connectivity index (χ3n) is 3.28. The van der Waals surface area contributed by atoms with Crippen molar-refractivity contribution in [3.8, 4) is 5.75 Å². The molecule has 5 nitrogen and oxygen atoms in total. The van der Waals surface area contributed by atoms with Gasteiger partial charge in [0, 0.05) is 10.2 Å². The van der Waals surface area contributed by atoms with Crippen LogP contribution in [0.2, 0.25) is 0 Å². The molecule has 2 N–H and O–H groups in total. The van der Waals surface area contributed by atoms with Crippen molar-refractivity contribution < 1.29 is 14.3 Å². The molecule has 0 aliphatic rings. The van der Waals surface area contributed by atoms with E-state index in [1.807, 2.05) is 38.1 Å². The number of carbonyl (C=O) groups excluding carboxylic acids is 2. The normalized spacial score (nSPS) is 10.1. The Balaban J connectivity index is 1.73. The summed E-state index contributed by atoms with van der Waals surface area (Å²) >= 11 is 3.40. The van der Waals surface area contributed by atoms with E-state index < -0.39 is 0 Å². The van der Waals surface area contributed by atoms with E-state index in [0.717, 1.165) is 15.6 Å². The second kappa shape index (κ2) is 8.49. The third kappa shape index (κ3) is 5.70. The van der Waals surface area contributed by atoms with Crippen molar-refractivity contribution in [2.75, 3.05) is 18.5 Å². The number of amides is 2. The molecule has 0 heterocycles. The van der Waals surface area contributed by atoms with Crippen LogP contribution in [0.3, 0.4) is 0 Å². The molecule has 126 valence electrons. The van der Waals surface area contributed by atoms with Gasteiger partial charge in [-0.2, -0.15) is 0 Å². The van der Waals surface area contributed by atoms with E-state index >= 15 is 0 Å². The molecule has 2 aromatic carbocycles. The molecular formula is C18H19BrN2O3. The Hall–Kier alpha value is -2.34. The summed E-state index contributed by atoms with van der Waals surface area (Å²) in [7, 11) is 0. The zero-order valence-corrected chi connectivity index (χ0v) is 15.1. The van der Waals surface area contributed by atoms with Gasteiger partial charge in [-0.25, -0.2) is 0 Å². The van der Waals surface area contributed by atoms with Gasteiger partial charge >= 0.3 is 0 Å². The van der Waals surface area contributed by atoms with Gasteiger partial charge in [-0.1, -0.05) is 33.6 Å². The number of hydrogen-bond donors (Lipinski definition) is 2. The first-order chi connectivity index (χ1) is 11.4. The van der Waals surface area contributed by atoms with Crippen molar-refractivity contribution in [1.29, 1.82) is 0 Å². The van der Waals surface area contributed by atoms with Crippen LogP contribution < -0.4 is 15.4 Å². The quantitative estimate of drug-likeness (QED) is 0.795. The van der Waals surface area contributed by atoms with Crippen molar-refractivity contribution in [3.63, 3.8) is 0 Å². The van der Waals surface area contributed by atoms with Crippen LogP contribution in [0.1, 0.15) is 11.1 Å². The molecule has 0 radical (unpaired) electrons. The molecule has 0 atom stereocenters. The van der Waals surface area contributed by atoms with Crippen LogP contribution in [-0.2, 0) is 9.59 Å². The van der Waals surface area contributed by atoms with Crippen LogP contribution in [0, 0.1) is 13.8 Å². The molecule has 24 heavy (non-hydrogen) atoms. The van der Waals surface area contributed by atoms with Crippen LogP contribution in [0.25, 0.3) is 0 Å². The summed E-state index contributed by atoms with van der Waals surface area (Å²) in [5, 5.41) is 5.26. The summed E-state index contributed by atoms with van der Waals surface area (Å²) in [5.41, 5.74) is 2.82. The SMILES string of the molecule is Cc1ccc(OCC(=O)NCC(=O)Nc2ccc(Br)c(C)c2)cc1. The van der Waals surface area contributed by atoms with Gasteiger partial charge in [0.25, 0.3) is 5.91 Å². The molecule has 2 amide bonds. The molecule has 0 spiro atoms. The number of hydrogen-bond acceptors (Lipinski definition) is 3. The molecular weight excluding hydrogens is 372 g/mol. The lowest BCUT2D eigenvalue weighted by Gasteiger charge is -2.09. The van der Waals surface area contributed by atoms with E-state index in [0.29, 0.717) is 11.4 Å². The van der Waals surface area contributed by atoms with Crippen LogP contribution in [0.4, 0.5) is 5.69 Å². The second-order valence-electron chi connectivity index (χ2n) is 5.39. The molecule has 0 aliphatic carbocycles. The highest BCUT2D eigenvalue weighted by Gasteiger charge is 2.07. The van der Waals surface area contributed by atoms with Gasteiger partial charge < -0.3 is 15.4 Å². The minimum atomic E-state index is -0.349. The van der Waals surface area contributed by atoms with Gasteiger partial charge in [0.1, 0.15) is 5.75 Å². The highest BCUT2D eigenvalue weighted by atomic mass is 79.9. The number of nitrogens with one attached hydrogen (secondary N) is 2. The smallest absolute Gasteiger partial charge is 0.258 e. The monoisotopic (exact) mass is 390 g/mol. The second-order valence-corrected chi connectivity index (χ2v) is 6.24. The molecule has 0 aliphatic heterocycles. The number of rotatable bonds is 6. The van der Waals surface area contributed by atoms with Gasteiger partial charge in [-0.3, -0.25) is 9.59 Å². The molecule has 0 saturated carbocycles. The van der Waals surface area contributed by atoms with Crippen molar-refractivity contribution in [2.45, 2.75) is 13.8 Å². The van der Waals surface area contributed by atoms with Gasteiger partial charge in [-0.05, 0) is 49.7 Å². The van der Waals surface area contributed by atoms with E-state index in [-0.39, 0.29) is 25.0 Å². The van der Waals surface area contributed by atoms with E-state index in [1.165, 1.54) is 0 Å². The molecule has 0 saturated heterocycles. The summed E-state index contributed by atoms with van der Waals surface area (Å²) in [6.45, 7) is 3.67. The average molecular weight is 391 g/mol. The number of halogens is 1. The molecule has 0 unspecified atom stereocenters. The molecule has 2 rings (SSSR count). The van der Waals surface area contributed by atoms with Crippen LogP contribution in [-0.4, -0.2) is 25.0 Å². The standard InChI is InChI=1S/C18H19BrN2O3/c1-12-3-6-15(7-4-12)24-11-18(23)20-10-17(22)21-14-5-8-16(19)13(2)9-14/h3-9H,10-11H2,1-2H3,(H,20,23)(H,21,22). The first-order valence-corrected chi connectivity index (χ1v) is 8.25. The Morgan fingerprint density at radius 1 is 1.04 bits per heavy atom. The van der Waals surface area contributed by atoms with Crippen LogP contribution in [0.5, 0.6) is 5.75 Å². The summed E-state index contributed by atoms with van der Waals surface area (Å²) < 4.78 is 6.33.